The number of hydrogen-bond acceptors (Lipinski definition) is 5. The zero-order chi connectivity index (χ0) is 34.8. The summed E-state index contributed by atoms with van der Waals surface area (Å²) in [6, 6.07) is 0. The third kappa shape index (κ3) is 27.8. The highest BCUT2D eigenvalue weighted by atomic mass is 16.5. The quantitative estimate of drug-likeness (QED) is 0.0405. The zero-order valence-corrected chi connectivity index (χ0v) is 31.7. The summed E-state index contributed by atoms with van der Waals surface area (Å²) in [5.41, 5.74) is 0. The molecule has 2 atom stereocenters. The highest BCUT2D eigenvalue weighted by molar-refractivity contribution is 5.69. The fourth-order valence-corrected chi connectivity index (χ4v) is 6.26. The van der Waals surface area contributed by atoms with Crippen molar-refractivity contribution in [2.45, 2.75) is 168 Å². The molecule has 1 rings (SSSR count). The predicted octanol–water partition coefficient (Wildman–Crippen LogP) is 11.9. The van der Waals surface area contributed by atoms with Crippen molar-refractivity contribution in [1.29, 1.82) is 0 Å². The van der Waals surface area contributed by atoms with E-state index in [1.165, 1.54) is 89.9 Å². The first kappa shape index (κ1) is 43.9. The molecule has 5 nitrogen and oxygen atoms in total. The Kier molecular flexibility index (Phi) is 30.5. The maximum absolute atomic E-state index is 12.4. The number of carbonyl (C=O) groups excluding carboxylic acids is 2. The van der Waals surface area contributed by atoms with E-state index in [-0.39, 0.29) is 23.8 Å². The summed E-state index contributed by atoms with van der Waals surface area (Å²) >= 11 is 0. The highest BCUT2D eigenvalue weighted by Crippen LogP contribution is 2.24. The Balaban J connectivity index is 2.01. The van der Waals surface area contributed by atoms with E-state index < -0.39 is 0 Å². The standard InChI is InChI=1S/C43H75NO4/c1-4-6-8-10-12-14-16-18-20-22-24-26-28-30-32-34-42(45)47-38-40-36-44(3)37-41(40)39-48-43(46)35-33-31-29-27-25-23-21-19-17-15-13-11-9-7-5-2/h12-15,18-21,40-41H,4-11,16-17,22-39H2,1-3H3/t40-,41?/m0/s1. The van der Waals surface area contributed by atoms with E-state index in [0.717, 1.165) is 64.5 Å². The molecule has 0 aromatic heterocycles. The lowest BCUT2D eigenvalue weighted by atomic mass is 9.98. The van der Waals surface area contributed by atoms with Gasteiger partial charge in [-0.3, -0.25) is 9.59 Å². The third-order valence-electron chi connectivity index (χ3n) is 9.34. The number of likely N-dealkylation sites (tertiary alicyclic amines) is 1. The molecule has 0 aromatic carbocycles. The Morgan fingerprint density at radius 1 is 0.500 bits per heavy atom. The van der Waals surface area contributed by atoms with Gasteiger partial charge in [-0.15, -0.1) is 0 Å². The van der Waals surface area contributed by atoms with Crippen molar-refractivity contribution in [3.63, 3.8) is 0 Å². The van der Waals surface area contributed by atoms with Gasteiger partial charge in [-0.05, 0) is 84.1 Å². The molecule has 0 spiro atoms. The van der Waals surface area contributed by atoms with Crippen LogP contribution in [-0.2, 0) is 19.1 Å². The van der Waals surface area contributed by atoms with E-state index in [2.05, 4.69) is 74.4 Å². The van der Waals surface area contributed by atoms with Crippen molar-refractivity contribution < 1.29 is 19.1 Å². The third-order valence-corrected chi connectivity index (χ3v) is 9.34. The number of esters is 2. The molecule has 0 N–H and O–H groups in total. The van der Waals surface area contributed by atoms with E-state index >= 15 is 0 Å². The number of hydrogen-bond donors (Lipinski definition) is 0. The fourth-order valence-electron chi connectivity index (χ4n) is 6.26. The van der Waals surface area contributed by atoms with Gasteiger partial charge in [0.2, 0.25) is 0 Å². The topological polar surface area (TPSA) is 55.8 Å². The average molecular weight is 670 g/mol. The molecular weight excluding hydrogens is 594 g/mol. The van der Waals surface area contributed by atoms with Gasteiger partial charge in [-0.2, -0.15) is 0 Å². The Labute approximate surface area is 297 Å². The second-order valence-corrected chi connectivity index (χ2v) is 14.1. The van der Waals surface area contributed by atoms with Crippen LogP contribution in [0.25, 0.3) is 0 Å². The number of nitrogens with zero attached hydrogens (tertiary/aromatic N) is 1. The molecule has 1 heterocycles. The van der Waals surface area contributed by atoms with Gasteiger partial charge in [0.05, 0.1) is 13.2 Å². The summed E-state index contributed by atoms with van der Waals surface area (Å²) in [6.07, 6.45) is 45.2. The van der Waals surface area contributed by atoms with Crippen LogP contribution in [0.2, 0.25) is 0 Å². The van der Waals surface area contributed by atoms with Gasteiger partial charge in [-0.1, -0.05) is 127 Å². The van der Waals surface area contributed by atoms with Crippen molar-refractivity contribution in [2.75, 3.05) is 33.4 Å². The first-order chi connectivity index (χ1) is 23.6. The summed E-state index contributed by atoms with van der Waals surface area (Å²) in [6.45, 7) is 7.10. The minimum Gasteiger partial charge on any atom is -0.465 e. The monoisotopic (exact) mass is 670 g/mol. The van der Waals surface area contributed by atoms with Crippen LogP contribution in [0, 0.1) is 11.8 Å². The molecule has 276 valence electrons. The largest absolute Gasteiger partial charge is 0.465 e. The SMILES string of the molecule is CCCCCC=CCC=CCCCCCCCC(=O)OCC1CN(C)C[C@H]1COC(=O)CCCCCCCC=CCC=CCCCCC. The molecule has 5 heteroatoms. The molecule has 0 amide bonds. The van der Waals surface area contributed by atoms with Gasteiger partial charge < -0.3 is 14.4 Å². The van der Waals surface area contributed by atoms with Crippen molar-refractivity contribution in [3.8, 4) is 0 Å². The number of carbonyl (C=O) groups is 2. The molecule has 1 aliphatic rings. The number of rotatable bonds is 32. The second kappa shape index (κ2) is 33.4. The summed E-state index contributed by atoms with van der Waals surface area (Å²) in [5, 5.41) is 0. The van der Waals surface area contributed by atoms with E-state index in [4.69, 9.17) is 9.47 Å². The van der Waals surface area contributed by atoms with E-state index in [1.54, 1.807) is 0 Å². The van der Waals surface area contributed by atoms with Crippen molar-refractivity contribution in [1.82, 2.24) is 4.90 Å². The maximum Gasteiger partial charge on any atom is 0.305 e. The van der Waals surface area contributed by atoms with Crippen LogP contribution in [0.15, 0.2) is 48.6 Å². The lowest BCUT2D eigenvalue weighted by molar-refractivity contribution is -0.149. The minimum absolute atomic E-state index is 0.0904. The van der Waals surface area contributed by atoms with E-state index in [0.29, 0.717) is 26.1 Å². The molecule has 1 fully saturated rings. The Morgan fingerprint density at radius 2 is 0.833 bits per heavy atom. The average Bonchev–Trinajstić information content (AvgIpc) is 3.45. The smallest absolute Gasteiger partial charge is 0.305 e. The van der Waals surface area contributed by atoms with Crippen LogP contribution in [0.4, 0.5) is 0 Å². The maximum atomic E-state index is 12.4. The summed E-state index contributed by atoms with van der Waals surface area (Å²) < 4.78 is 11.3. The minimum atomic E-state index is -0.0904. The van der Waals surface area contributed by atoms with E-state index in [9.17, 15) is 9.59 Å². The number of allylic oxidation sites excluding steroid dienone is 8. The highest BCUT2D eigenvalue weighted by Gasteiger charge is 2.32. The molecule has 0 bridgehead atoms. The molecular formula is C43H75NO4. The van der Waals surface area contributed by atoms with Crippen molar-refractivity contribution in [2.24, 2.45) is 11.8 Å². The molecule has 0 saturated carbocycles. The van der Waals surface area contributed by atoms with Gasteiger partial charge >= 0.3 is 11.9 Å². The van der Waals surface area contributed by atoms with Crippen LogP contribution in [-0.4, -0.2) is 50.2 Å². The molecule has 0 aliphatic carbocycles. The Hall–Kier alpha value is -2.14. The Morgan fingerprint density at radius 3 is 1.21 bits per heavy atom. The van der Waals surface area contributed by atoms with Crippen LogP contribution in [0.1, 0.15) is 168 Å². The molecule has 1 unspecified atom stereocenters. The molecule has 0 aromatic rings. The van der Waals surface area contributed by atoms with E-state index in [1.807, 2.05) is 0 Å². The lowest BCUT2D eigenvalue weighted by Crippen LogP contribution is -2.25. The lowest BCUT2D eigenvalue weighted by Gasteiger charge is -2.18. The summed E-state index contributed by atoms with van der Waals surface area (Å²) in [5.74, 6) is 0.277. The van der Waals surface area contributed by atoms with Crippen LogP contribution < -0.4 is 0 Å². The van der Waals surface area contributed by atoms with Gasteiger partial charge in [0.15, 0.2) is 0 Å². The van der Waals surface area contributed by atoms with Gasteiger partial charge in [0.25, 0.3) is 0 Å². The number of ether oxygens (including phenoxy) is 2. The zero-order valence-electron chi connectivity index (χ0n) is 31.7. The predicted molar refractivity (Wildman–Crippen MR) is 205 cm³/mol. The first-order valence-electron chi connectivity index (χ1n) is 20.2. The normalized spacial score (nSPS) is 17.1. The van der Waals surface area contributed by atoms with Crippen LogP contribution in [0.3, 0.4) is 0 Å². The second-order valence-electron chi connectivity index (χ2n) is 14.1. The fraction of sp³-hybridized carbons (Fsp3) is 0.767. The van der Waals surface area contributed by atoms with Crippen LogP contribution in [0.5, 0.6) is 0 Å². The van der Waals surface area contributed by atoms with Crippen molar-refractivity contribution >= 4 is 11.9 Å². The molecule has 1 saturated heterocycles. The van der Waals surface area contributed by atoms with Crippen LogP contribution >= 0.6 is 0 Å². The summed E-state index contributed by atoms with van der Waals surface area (Å²) in [7, 11) is 2.08. The first-order valence-corrected chi connectivity index (χ1v) is 20.2. The summed E-state index contributed by atoms with van der Waals surface area (Å²) in [4.78, 5) is 27.0. The molecule has 0 radical (unpaired) electrons. The number of unbranched alkanes of at least 4 members (excludes halogenated alkanes) is 16. The van der Waals surface area contributed by atoms with Gasteiger partial charge in [0.1, 0.15) is 0 Å². The molecule has 48 heavy (non-hydrogen) atoms. The van der Waals surface area contributed by atoms with Crippen molar-refractivity contribution in [3.05, 3.63) is 48.6 Å². The van der Waals surface area contributed by atoms with Gasteiger partial charge in [-0.25, -0.2) is 0 Å². The molecule has 1 aliphatic heterocycles. The van der Waals surface area contributed by atoms with Gasteiger partial charge in [0, 0.05) is 37.8 Å². The Bertz CT molecular complexity index is 806.